The lowest BCUT2D eigenvalue weighted by Gasteiger charge is -2.29. The number of carbonyl (C=O) groups excluding carboxylic acids is 2. The van der Waals surface area contributed by atoms with E-state index in [1.807, 2.05) is 37.3 Å². The van der Waals surface area contributed by atoms with Crippen LogP contribution in [0, 0.1) is 0 Å². The maximum atomic E-state index is 13.1. The van der Waals surface area contributed by atoms with Crippen LogP contribution in [0.3, 0.4) is 0 Å². The third kappa shape index (κ3) is 5.92. The second kappa shape index (κ2) is 10.2. The lowest BCUT2D eigenvalue weighted by molar-refractivity contribution is -0.113. The van der Waals surface area contributed by atoms with Crippen LogP contribution < -0.4 is 4.74 Å². The molecule has 31 heavy (non-hydrogen) atoms. The summed E-state index contributed by atoms with van der Waals surface area (Å²) in [5.74, 6) is -0.523. The minimum atomic E-state index is -0.518. The van der Waals surface area contributed by atoms with Crippen molar-refractivity contribution in [2.45, 2.75) is 32.8 Å². The average Bonchev–Trinajstić information content (AvgIpc) is 2.77. The van der Waals surface area contributed by atoms with E-state index in [1.165, 1.54) is 25.1 Å². The van der Waals surface area contributed by atoms with Crippen LogP contribution >= 0.6 is 0 Å². The summed E-state index contributed by atoms with van der Waals surface area (Å²) in [7, 11) is 2.08. The summed E-state index contributed by atoms with van der Waals surface area (Å²) >= 11 is 0. The van der Waals surface area contributed by atoms with Crippen LogP contribution in [0.1, 0.15) is 42.6 Å². The summed E-state index contributed by atoms with van der Waals surface area (Å²) in [5, 5.41) is 10.3. The van der Waals surface area contributed by atoms with Crippen molar-refractivity contribution < 1.29 is 19.4 Å². The number of ether oxygens (including phenoxy) is 1. The smallest absolute Gasteiger partial charge is 0.200 e. The van der Waals surface area contributed by atoms with Gasteiger partial charge in [-0.1, -0.05) is 36.4 Å². The molecule has 1 heterocycles. The van der Waals surface area contributed by atoms with Crippen LogP contribution in [0.25, 0.3) is 5.57 Å². The van der Waals surface area contributed by atoms with Crippen LogP contribution in [-0.2, 0) is 4.79 Å². The highest BCUT2D eigenvalue weighted by molar-refractivity contribution is 6.26. The predicted molar refractivity (Wildman–Crippen MR) is 122 cm³/mol. The Morgan fingerprint density at radius 1 is 1.03 bits per heavy atom. The minimum absolute atomic E-state index is 0.0158. The lowest BCUT2D eigenvalue weighted by Crippen LogP contribution is -2.35. The van der Waals surface area contributed by atoms with E-state index < -0.39 is 5.78 Å². The van der Waals surface area contributed by atoms with Gasteiger partial charge >= 0.3 is 0 Å². The molecule has 1 aliphatic heterocycles. The second-order valence-electron chi connectivity index (χ2n) is 7.98. The van der Waals surface area contributed by atoms with Gasteiger partial charge in [-0.25, -0.2) is 0 Å². The van der Waals surface area contributed by atoms with Gasteiger partial charge in [0.2, 0.25) is 0 Å². The second-order valence-corrected chi connectivity index (χ2v) is 7.98. The number of aromatic hydroxyl groups is 1. The van der Waals surface area contributed by atoms with Crippen LogP contribution in [0.15, 0.2) is 66.3 Å². The number of carbonyl (C=O) groups is 2. The molecule has 0 saturated carbocycles. The first-order valence-corrected chi connectivity index (χ1v) is 10.5. The Morgan fingerprint density at radius 3 is 2.35 bits per heavy atom. The molecule has 1 saturated heterocycles. The summed E-state index contributed by atoms with van der Waals surface area (Å²) in [6.45, 7) is 5.19. The van der Waals surface area contributed by atoms with Crippen molar-refractivity contribution in [3.8, 4) is 11.5 Å². The standard InChI is InChI=1S/C26H29NO4/c1-18(20-7-5-4-6-8-20)9-11-23(19(2)28)26(30)24-17-22(10-12-25(24)29)31-21-13-15-27(3)16-14-21/h4-12,17,21,29H,13-16H2,1-3H3/b18-9+,23-11-. The highest BCUT2D eigenvalue weighted by Gasteiger charge is 2.22. The quantitative estimate of drug-likeness (QED) is 0.232. The predicted octanol–water partition coefficient (Wildman–Crippen LogP) is 4.67. The van der Waals surface area contributed by atoms with E-state index in [-0.39, 0.29) is 28.8 Å². The minimum Gasteiger partial charge on any atom is -0.507 e. The molecular weight excluding hydrogens is 390 g/mol. The molecule has 2 aromatic rings. The number of phenols is 1. The number of hydrogen-bond donors (Lipinski definition) is 1. The first-order valence-electron chi connectivity index (χ1n) is 10.5. The lowest BCUT2D eigenvalue weighted by atomic mass is 9.98. The van der Waals surface area contributed by atoms with Crippen molar-refractivity contribution >= 4 is 17.1 Å². The molecule has 3 rings (SSSR count). The van der Waals surface area contributed by atoms with Gasteiger partial charge in [0.05, 0.1) is 11.1 Å². The number of benzene rings is 2. The molecule has 1 aliphatic rings. The summed E-state index contributed by atoms with van der Waals surface area (Å²) in [6, 6.07) is 14.3. The Hall–Kier alpha value is -3.18. The zero-order chi connectivity index (χ0) is 22.4. The molecule has 0 unspecified atom stereocenters. The molecule has 1 fully saturated rings. The van der Waals surface area contributed by atoms with Crippen molar-refractivity contribution in [2.24, 2.45) is 0 Å². The van der Waals surface area contributed by atoms with Crippen molar-refractivity contribution in [1.29, 1.82) is 0 Å². The monoisotopic (exact) mass is 419 g/mol. The molecule has 0 amide bonds. The van der Waals surface area contributed by atoms with Gasteiger partial charge in [-0.15, -0.1) is 0 Å². The average molecular weight is 420 g/mol. The number of rotatable bonds is 7. The van der Waals surface area contributed by atoms with Gasteiger partial charge in [-0.3, -0.25) is 9.59 Å². The Labute approximate surface area is 183 Å². The highest BCUT2D eigenvalue weighted by Crippen LogP contribution is 2.28. The van der Waals surface area contributed by atoms with Gasteiger partial charge in [0.1, 0.15) is 17.6 Å². The normalized spacial score (nSPS) is 16.2. The van der Waals surface area contributed by atoms with E-state index in [1.54, 1.807) is 12.1 Å². The first-order chi connectivity index (χ1) is 14.8. The number of piperidine rings is 1. The van der Waals surface area contributed by atoms with E-state index >= 15 is 0 Å². The van der Waals surface area contributed by atoms with Crippen LogP contribution in [0.5, 0.6) is 11.5 Å². The van der Waals surface area contributed by atoms with E-state index in [2.05, 4.69) is 11.9 Å². The molecule has 5 heteroatoms. The maximum absolute atomic E-state index is 13.1. The fourth-order valence-corrected chi connectivity index (χ4v) is 3.57. The third-order valence-electron chi connectivity index (χ3n) is 5.53. The molecule has 162 valence electrons. The largest absolute Gasteiger partial charge is 0.507 e. The number of ketones is 2. The number of nitrogens with zero attached hydrogens (tertiary/aromatic N) is 1. The van der Waals surface area contributed by atoms with E-state index in [0.29, 0.717) is 5.75 Å². The van der Waals surface area contributed by atoms with E-state index in [9.17, 15) is 14.7 Å². The third-order valence-corrected chi connectivity index (χ3v) is 5.53. The topological polar surface area (TPSA) is 66.8 Å². The van der Waals surface area contributed by atoms with Crippen molar-refractivity contribution in [1.82, 2.24) is 4.90 Å². The van der Waals surface area contributed by atoms with Crippen molar-refractivity contribution in [3.05, 3.63) is 77.4 Å². The van der Waals surface area contributed by atoms with Crippen LogP contribution in [-0.4, -0.2) is 47.8 Å². The van der Waals surface area contributed by atoms with Crippen molar-refractivity contribution in [2.75, 3.05) is 20.1 Å². The molecule has 0 bridgehead atoms. The first kappa shape index (κ1) is 22.5. The van der Waals surface area contributed by atoms with Gasteiger partial charge in [-0.05, 0) is 69.1 Å². The molecule has 0 radical (unpaired) electrons. The molecule has 5 nitrogen and oxygen atoms in total. The molecular formula is C26H29NO4. The van der Waals surface area contributed by atoms with E-state index in [0.717, 1.165) is 37.1 Å². The van der Waals surface area contributed by atoms with Gasteiger partial charge < -0.3 is 14.7 Å². The summed E-state index contributed by atoms with van der Waals surface area (Å²) in [5.41, 5.74) is 2.01. The summed E-state index contributed by atoms with van der Waals surface area (Å²) in [6.07, 6.45) is 5.16. The SMILES string of the molecule is CC(=O)/C(=C/C=C(\C)c1ccccc1)C(=O)c1cc(OC2CCN(C)CC2)ccc1O. The number of hydrogen-bond acceptors (Lipinski definition) is 5. The van der Waals surface area contributed by atoms with Crippen LogP contribution in [0.2, 0.25) is 0 Å². The number of allylic oxidation sites excluding steroid dienone is 4. The highest BCUT2D eigenvalue weighted by atomic mass is 16.5. The molecule has 0 aromatic heterocycles. The van der Waals surface area contributed by atoms with Crippen LogP contribution in [0.4, 0.5) is 0 Å². The fourth-order valence-electron chi connectivity index (χ4n) is 3.57. The Kier molecular flexibility index (Phi) is 7.42. The maximum Gasteiger partial charge on any atom is 0.200 e. The fraction of sp³-hybridized carbons (Fsp3) is 0.308. The molecule has 1 N–H and O–H groups in total. The number of likely N-dealkylation sites (tertiary alicyclic amines) is 1. The molecule has 0 atom stereocenters. The molecule has 0 aliphatic carbocycles. The molecule has 0 spiro atoms. The molecule has 2 aromatic carbocycles. The summed E-state index contributed by atoms with van der Waals surface area (Å²) < 4.78 is 6.04. The van der Waals surface area contributed by atoms with Gasteiger partial charge in [0, 0.05) is 13.1 Å². The number of Topliss-reactive ketones (excluding diaryl/α,β-unsaturated/α-hetero) is 2. The van der Waals surface area contributed by atoms with Gasteiger partial charge in [-0.2, -0.15) is 0 Å². The van der Waals surface area contributed by atoms with Gasteiger partial charge in [0.15, 0.2) is 11.6 Å². The Bertz CT molecular complexity index is 999. The zero-order valence-corrected chi connectivity index (χ0v) is 18.3. The van der Waals surface area contributed by atoms with E-state index in [4.69, 9.17) is 4.74 Å². The Balaban J connectivity index is 1.84. The zero-order valence-electron chi connectivity index (χ0n) is 18.3. The van der Waals surface area contributed by atoms with Crippen molar-refractivity contribution in [3.63, 3.8) is 0 Å². The number of phenolic OH excluding ortho intramolecular Hbond substituents is 1. The summed E-state index contributed by atoms with van der Waals surface area (Å²) in [4.78, 5) is 27.6. The Morgan fingerprint density at radius 2 is 1.71 bits per heavy atom. The van der Waals surface area contributed by atoms with Gasteiger partial charge in [0.25, 0.3) is 0 Å².